The second kappa shape index (κ2) is 5.21. The molecule has 1 aromatic heterocycles. The van der Waals surface area contributed by atoms with E-state index >= 15 is 0 Å². The number of halogens is 1. The Kier molecular flexibility index (Phi) is 3.53. The lowest BCUT2D eigenvalue weighted by Crippen LogP contribution is -2.25. The number of nitrogens with one attached hydrogen (secondary N) is 1. The van der Waals surface area contributed by atoms with Crippen LogP contribution in [0.1, 0.15) is 47.1 Å². The van der Waals surface area contributed by atoms with Gasteiger partial charge in [-0.2, -0.15) is 0 Å². The van der Waals surface area contributed by atoms with Crippen molar-refractivity contribution in [3.8, 4) is 5.69 Å². The second-order valence-corrected chi connectivity index (χ2v) is 7.10. The molecule has 3 N–H and O–H groups in total. The highest BCUT2D eigenvalue weighted by Crippen LogP contribution is 2.31. The van der Waals surface area contributed by atoms with Crippen LogP contribution in [0.15, 0.2) is 29.1 Å². The van der Waals surface area contributed by atoms with Crippen LogP contribution in [0.4, 0.5) is 5.82 Å². The van der Waals surface area contributed by atoms with Crippen molar-refractivity contribution in [2.75, 3.05) is 5.73 Å². The summed E-state index contributed by atoms with van der Waals surface area (Å²) < 4.78 is 1.16. The summed E-state index contributed by atoms with van der Waals surface area (Å²) in [7, 11) is 0. The van der Waals surface area contributed by atoms with Crippen molar-refractivity contribution >= 4 is 29.2 Å². The Hall–Kier alpha value is -2.60. The van der Waals surface area contributed by atoms with E-state index in [0.717, 1.165) is 16.2 Å². The maximum absolute atomic E-state index is 12.5. The van der Waals surface area contributed by atoms with Crippen molar-refractivity contribution in [2.24, 2.45) is 0 Å². The minimum Gasteiger partial charge on any atom is -0.384 e. The molecule has 6 nitrogen and oxygen atoms in total. The molecular weight excluding hydrogens is 330 g/mol. The number of benzene rings is 1. The third-order valence-electron chi connectivity index (χ3n) is 4.01. The summed E-state index contributed by atoms with van der Waals surface area (Å²) in [5.41, 5.74) is 6.66. The van der Waals surface area contributed by atoms with E-state index in [2.05, 4.69) is 5.32 Å². The summed E-state index contributed by atoms with van der Waals surface area (Å²) >= 11 is 6.26. The van der Waals surface area contributed by atoms with Gasteiger partial charge in [0.2, 0.25) is 0 Å². The first-order valence-corrected chi connectivity index (χ1v) is 7.70. The van der Waals surface area contributed by atoms with Gasteiger partial charge in [-0.1, -0.05) is 38.4 Å². The molecule has 7 heteroatoms. The van der Waals surface area contributed by atoms with Crippen LogP contribution < -0.4 is 16.6 Å². The van der Waals surface area contributed by atoms with Gasteiger partial charge in [0, 0.05) is 6.07 Å². The zero-order valence-corrected chi connectivity index (χ0v) is 14.2. The molecule has 0 aliphatic carbocycles. The molecule has 3 rings (SSSR count). The first kappa shape index (κ1) is 16.3. The average molecular weight is 346 g/mol. The van der Waals surface area contributed by atoms with Crippen molar-refractivity contribution in [1.29, 1.82) is 0 Å². The Morgan fingerprint density at radius 2 is 1.75 bits per heavy atom. The summed E-state index contributed by atoms with van der Waals surface area (Å²) in [5, 5.41) is 2.46. The molecule has 0 radical (unpaired) electrons. The van der Waals surface area contributed by atoms with E-state index in [-0.39, 0.29) is 22.4 Å². The van der Waals surface area contributed by atoms with Gasteiger partial charge in [0.05, 0.1) is 21.8 Å². The SMILES string of the molecule is CC(C)(C)c1ccc(Cl)c(-n2c(N)c3c(cc2=O)C(=O)NC3=O)c1. The highest BCUT2D eigenvalue weighted by molar-refractivity contribution is 6.32. The number of pyridine rings is 1. The van der Waals surface area contributed by atoms with Crippen LogP contribution in [0.5, 0.6) is 0 Å². The Morgan fingerprint density at radius 1 is 1.08 bits per heavy atom. The minimum atomic E-state index is -0.625. The Morgan fingerprint density at radius 3 is 2.38 bits per heavy atom. The van der Waals surface area contributed by atoms with Gasteiger partial charge in [-0.15, -0.1) is 0 Å². The molecule has 0 fully saturated rings. The molecule has 0 bridgehead atoms. The van der Waals surface area contributed by atoms with Crippen molar-refractivity contribution < 1.29 is 9.59 Å². The number of nitrogens with zero attached hydrogens (tertiary/aromatic N) is 1. The van der Waals surface area contributed by atoms with E-state index in [1.807, 2.05) is 26.8 Å². The summed E-state index contributed by atoms with van der Waals surface area (Å²) in [4.78, 5) is 36.2. The number of nitrogen functional groups attached to an aromatic ring is 1. The fourth-order valence-corrected chi connectivity index (χ4v) is 2.88. The highest BCUT2D eigenvalue weighted by Gasteiger charge is 2.32. The number of rotatable bonds is 1. The van der Waals surface area contributed by atoms with Gasteiger partial charge in [0.25, 0.3) is 17.4 Å². The molecule has 1 aliphatic rings. The van der Waals surface area contributed by atoms with E-state index in [4.69, 9.17) is 17.3 Å². The smallest absolute Gasteiger partial charge is 0.262 e. The molecule has 2 amide bonds. The van der Waals surface area contributed by atoms with Gasteiger partial charge in [-0.05, 0) is 23.1 Å². The quantitative estimate of drug-likeness (QED) is 0.775. The predicted molar refractivity (Wildman–Crippen MR) is 92.0 cm³/mol. The number of nitrogens with two attached hydrogens (primary N) is 1. The average Bonchev–Trinajstić information content (AvgIpc) is 2.74. The Labute approximate surface area is 143 Å². The lowest BCUT2D eigenvalue weighted by atomic mass is 9.87. The molecule has 0 atom stereocenters. The van der Waals surface area contributed by atoms with Crippen molar-refractivity contribution in [3.63, 3.8) is 0 Å². The van der Waals surface area contributed by atoms with Gasteiger partial charge in [-0.3, -0.25) is 24.3 Å². The molecule has 0 saturated heterocycles. The molecule has 0 spiro atoms. The number of carbonyl (C=O) groups is 2. The molecule has 24 heavy (non-hydrogen) atoms. The van der Waals surface area contributed by atoms with Crippen LogP contribution in [-0.4, -0.2) is 16.4 Å². The van der Waals surface area contributed by atoms with Crippen LogP contribution >= 0.6 is 11.6 Å². The molecular formula is C17H16ClN3O3. The molecule has 124 valence electrons. The van der Waals surface area contributed by atoms with Crippen LogP contribution in [0.3, 0.4) is 0 Å². The van der Waals surface area contributed by atoms with E-state index in [9.17, 15) is 14.4 Å². The summed E-state index contributed by atoms with van der Waals surface area (Å²) in [6.07, 6.45) is 0. The van der Waals surface area contributed by atoms with Crippen molar-refractivity contribution in [1.82, 2.24) is 9.88 Å². The normalized spacial score (nSPS) is 13.8. The number of carbonyl (C=O) groups excluding carboxylic acids is 2. The van der Waals surface area contributed by atoms with Gasteiger partial charge in [-0.25, -0.2) is 0 Å². The summed E-state index contributed by atoms with van der Waals surface area (Å²) in [6.45, 7) is 6.09. The largest absolute Gasteiger partial charge is 0.384 e. The molecule has 2 heterocycles. The maximum atomic E-state index is 12.5. The van der Waals surface area contributed by atoms with Gasteiger partial charge in [0.15, 0.2) is 0 Å². The number of hydrogen-bond acceptors (Lipinski definition) is 4. The number of anilines is 1. The van der Waals surface area contributed by atoms with Crippen LogP contribution in [0.25, 0.3) is 5.69 Å². The zero-order valence-electron chi connectivity index (χ0n) is 13.4. The lowest BCUT2D eigenvalue weighted by molar-refractivity contribution is 0.0880. The highest BCUT2D eigenvalue weighted by atomic mass is 35.5. The Bertz CT molecular complexity index is 955. The van der Waals surface area contributed by atoms with Crippen molar-refractivity contribution in [3.05, 3.63) is 56.3 Å². The van der Waals surface area contributed by atoms with Crippen LogP contribution in [0.2, 0.25) is 5.02 Å². The van der Waals surface area contributed by atoms with E-state index in [1.54, 1.807) is 12.1 Å². The third kappa shape index (κ3) is 2.39. The van der Waals surface area contributed by atoms with E-state index in [0.29, 0.717) is 10.7 Å². The number of hydrogen-bond donors (Lipinski definition) is 2. The van der Waals surface area contributed by atoms with Crippen molar-refractivity contribution in [2.45, 2.75) is 26.2 Å². The van der Waals surface area contributed by atoms with E-state index in [1.165, 1.54) is 0 Å². The fourth-order valence-electron chi connectivity index (χ4n) is 2.68. The monoisotopic (exact) mass is 345 g/mol. The van der Waals surface area contributed by atoms with Gasteiger partial charge in [0.1, 0.15) is 5.82 Å². The van der Waals surface area contributed by atoms with E-state index < -0.39 is 17.4 Å². The van der Waals surface area contributed by atoms with Gasteiger partial charge < -0.3 is 5.73 Å². The number of amides is 2. The van der Waals surface area contributed by atoms with Gasteiger partial charge >= 0.3 is 0 Å². The standard InChI is InChI=1S/C17H16ClN3O3/c1-17(2,3)8-4-5-10(18)11(6-8)21-12(22)7-9-13(14(21)19)16(24)20-15(9)23/h4-7H,19H2,1-3H3,(H,20,23,24). The van der Waals surface area contributed by atoms with Crippen LogP contribution in [0, 0.1) is 0 Å². The maximum Gasteiger partial charge on any atom is 0.262 e. The molecule has 1 aliphatic heterocycles. The molecule has 2 aromatic rings. The first-order valence-electron chi connectivity index (χ1n) is 7.33. The van der Waals surface area contributed by atoms with Crippen LogP contribution in [-0.2, 0) is 5.41 Å². The minimum absolute atomic E-state index is 0.00294. The molecule has 0 unspecified atom stereocenters. The predicted octanol–water partition coefficient (Wildman–Crippen LogP) is 2.25. The Balaban J connectivity index is 2.33. The summed E-state index contributed by atoms with van der Waals surface area (Å²) in [5.74, 6) is -1.35. The second-order valence-electron chi connectivity index (χ2n) is 6.69. The molecule has 0 saturated carbocycles. The lowest BCUT2D eigenvalue weighted by Gasteiger charge is -2.21. The third-order valence-corrected chi connectivity index (χ3v) is 4.33. The fraction of sp³-hybridized carbons (Fsp3) is 0.235. The first-order chi connectivity index (χ1) is 11.1. The molecule has 1 aromatic carbocycles. The number of aromatic nitrogens is 1. The zero-order chi connectivity index (χ0) is 17.8. The number of imide groups is 1. The number of fused-ring (bicyclic) bond motifs is 1. The summed E-state index contributed by atoms with van der Waals surface area (Å²) in [6, 6.07) is 6.42. The topological polar surface area (TPSA) is 94.2 Å².